The molecule has 1 aromatic heterocycles. The smallest absolute Gasteiger partial charge is 0.163 e. The molecule has 0 amide bonds. The molecule has 0 bridgehead atoms. The molecule has 0 saturated carbocycles. The first kappa shape index (κ1) is 17.7. The van der Waals surface area contributed by atoms with Gasteiger partial charge in [-0.3, -0.25) is 9.59 Å². The van der Waals surface area contributed by atoms with E-state index in [1.54, 1.807) is 35.6 Å². The Hall–Kier alpha value is -2.66. The summed E-state index contributed by atoms with van der Waals surface area (Å²) >= 11 is 1.55. The quantitative estimate of drug-likeness (QED) is 0.609. The summed E-state index contributed by atoms with van der Waals surface area (Å²) in [5, 5.41) is 11.7. The second kappa shape index (κ2) is 8.26. The predicted octanol–water partition coefficient (Wildman–Crippen LogP) is 4.03. The third-order valence-electron chi connectivity index (χ3n) is 3.20. The molecule has 24 heavy (non-hydrogen) atoms. The zero-order valence-corrected chi connectivity index (χ0v) is 14.3. The number of carbonyl (C=O) groups excluding carboxylic acids is 2. The molecule has 4 nitrogen and oxygen atoms in total. The Kier molecular flexibility index (Phi) is 6.09. The maximum absolute atomic E-state index is 11.8. The third kappa shape index (κ3) is 5.21. The molecule has 1 N–H and O–H groups in total. The van der Waals surface area contributed by atoms with Crippen LogP contribution in [-0.4, -0.2) is 23.8 Å². The van der Waals surface area contributed by atoms with E-state index in [1.165, 1.54) is 25.3 Å². The van der Waals surface area contributed by atoms with Gasteiger partial charge in [0.15, 0.2) is 23.1 Å². The molecule has 1 heterocycles. The van der Waals surface area contributed by atoms with Crippen LogP contribution < -0.4 is 4.74 Å². The Balaban J connectivity index is 1.91. The lowest BCUT2D eigenvalue weighted by Crippen LogP contribution is -2.01. The molecule has 0 saturated heterocycles. The molecule has 5 heteroatoms. The predicted molar refractivity (Wildman–Crippen MR) is 96.4 cm³/mol. The van der Waals surface area contributed by atoms with Gasteiger partial charge in [0.05, 0.1) is 13.5 Å². The van der Waals surface area contributed by atoms with Crippen LogP contribution in [0.2, 0.25) is 0 Å². The highest BCUT2D eigenvalue weighted by Gasteiger charge is 2.05. The fourth-order valence-corrected chi connectivity index (χ4v) is 2.80. The molecular weight excluding hydrogens is 324 g/mol. The number of aryl methyl sites for hydroxylation is 1. The first-order valence-corrected chi connectivity index (χ1v) is 8.20. The summed E-state index contributed by atoms with van der Waals surface area (Å²) in [4.78, 5) is 24.6. The Labute approximate surface area is 144 Å². The number of carbonyl (C=O) groups is 2. The molecule has 2 aromatic rings. The SMILES string of the molecule is COc1ccc(C=CC(=O)CC(=O)C=Cc2cc(C)cs2)cc1O. The molecule has 0 atom stereocenters. The minimum absolute atomic E-state index is 0.00245. The number of phenolic OH excluding ortho intramolecular Hbond substituents is 1. The van der Waals surface area contributed by atoms with Gasteiger partial charge in [0.25, 0.3) is 0 Å². The van der Waals surface area contributed by atoms with Gasteiger partial charge in [0.2, 0.25) is 0 Å². The number of benzene rings is 1. The highest BCUT2D eigenvalue weighted by atomic mass is 32.1. The summed E-state index contributed by atoms with van der Waals surface area (Å²) in [6.45, 7) is 1.99. The molecule has 0 radical (unpaired) electrons. The molecule has 0 aliphatic heterocycles. The molecule has 124 valence electrons. The Morgan fingerprint density at radius 3 is 2.46 bits per heavy atom. The molecule has 0 aliphatic carbocycles. The Bertz CT molecular complexity index is 799. The van der Waals surface area contributed by atoms with E-state index in [2.05, 4.69) is 0 Å². The molecule has 0 aliphatic rings. The maximum Gasteiger partial charge on any atom is 0.163 e. The van der Waals surface area contributed by atoms with Crippen LogP contribution in [0.4, 0.5) is 0 Å². The van der Waals surface area contributed by atoms with Crippen LogP contribution in [0.3, 0.4) is 0 Å². The van der Waals surface area contributed by atoms with E-state index in [1.807, 2.05) is 18.4 Å². The van der Waals surface area contributed by atoms with E-state index in [-0.39, 0.29) is 23.7 Å². The summed E-state index contributed by atoms with van der Waals surface area (Å²) in [6.07, 6.45) is 5.86. The average molecular weight is 342 g/mol. The molecule has 0 unspecified atom stereocenters. The van der Waals surface area contributed by atoms with Crippen molar-refractivity contribution >= 4 is 35.1 Å². The number of thiophene rings is 1. The van der Waals surface area contributed by atoms with E-state index in [0.717, 1.165) is 10.4 Å². The second-order valence-electron chi connectivity index (χ2n) is 5.23. The van der Waals surface area contributed by atoms with Gasteiger partial charge in [0, 0.05) is 4.88 Å². The van der Waals surface area contributed by atoms with Crippen LogP contribution >= 0.6 is 11.3 Å². The lowest BCUT2D eigenvalue weighted by molar-refractivity contribution is -0.121. The van der Waals surface area contributed by atoms with Gasteiger partial charge in [-0.05, 0) is 59.9 Å². The van der Waals surface area contributed by atoms with Crippen molar-refractivity contribution in [3.63, 3.8) is 0 Å². The van der Waals surface area contributed by atoms with Crippen molar-refractivity contribution in [3.8, 4) is 11.5 Å². The number of phenols is 1. The van der Waals surface area contributed by atoms with E-state index in [9.17, 15) is 14.7 Å². The number of hydrogen-bond acceptors (Lipinski definition) is 5. The van der Waals surface area contributed by atoms with E-state index < -0.39 is 0 Å². The highest BCUT2D eigenvalue weighted by Crippen LogP contribution is 2.26. The van der Waals surface area contributed by atoms with Crippen LogP contribution in [0, 0.1) is 6.92 Å². The lowest BCUT2D eigenvalue weighted by atomic mass is 10.1. The lowest BCUT2D eigenvalue weighted by Gasteiger charge is -2.03. The van der Waals surface area contributed by atoms with Crippen LogP contribution in [0.15, 0.2) is 41.8 Å². The average Bonchev–Trinajstić information content (AvgIpc) is 2.96. The fraction of sp³-hybridized carbons (Fsp3) is 0.158. The molecule has 0 spiro atoms. The molecule has 0 fully saturated rings. The summed E-state index contributed by atoms with van der Waals surface area (Å²) in [7, 11) is 1.46. The van der Waals surface area contributed by atoms with Crippen LogP contribution in [0.5, 0.6) is 11.5 Å². The monoisotopic (exact) mass is 342 g/mol. The summed E-state index contributed by atoms with van der Waals surface area (Å²) in [5.74, 6) is -0.171. The Morgan fingerprint density at radius 1 is 1.17 bits per heavy atom. The zero-order chi connectivity index (χ0) is 17.5. The number of hydrogen-bond donors (Lipinski definition) is 1. The van der Waals surface area contributed by atoms with Crippen LogP contribution in [0.1, 0.15) is 22.4 Å². The van der Waals surface area contributed by atoms with Crippen molar-refractivity contribution in [1.82, 2.24) is 0 Å². The summed E-state index contributed by atoms with van der Waals surface area (Å²) < 4.78 is 4.95. The van der Waals surface area contributed by atoms with Gasteiger partial charge in [-0.15, -0.1) is 11.3 Å². The standard InChI is InChI=1S/C19H18O4S/c1-13-9-17(24-12-13)7-6-16(21)11-15(20)5-3-14-4-8-19(23-2)18(22)10-14/h3-10,12,22H,11H2,1-2H3. The van der Waals surface area contributed by atoms with Gasteiger partial charge in [-0.25, -0.2) is 0 Å². The first-order chi connectivity index (χ1) is 11.5. The van der Waals surface area contributed by atoms with Gasteiger partial charge in [-0.1, -0.05) is 12.1 Å². The molecular formula is C19H18O4S. The van der Waals surface area contributed by atoms with Crippen molar-refractivity contribution < 1.29 is 19.4 Å². The van der Waals surface area contributed by atoms with Gasteiger partial charge in [0.1, 0.15) is 0 Å². The zero-order valence-electron chi connectivity index (χ0n) is 13.5. The van der Waals surface area contributed by atoms with Crippen molar-refractivity contribution in [3.05, 3.63) is 57.8 Å². The maximum atomic E-state index is 11.8. The van der Waals surface area contributed by atoms with E-state index in [4.69, 9.17) is 4.74 Å². The van der Waals surface area contributed by atoms with Gasteiger partial charge in [-0.2, -0.15) is 0 Å². The molecule has 1 aromatic carbocycles. The first-order valence-electron chi connectivity index (χ1n) is 7.32. The number of aromatic hydroxyl groups is 1. The minimum Gasteiger partial charge on any atom is -0.504 e. The number of allylic oxidation sites excluding steroid dienone is 2. The number of ketones is 2. The van der Waals surface area contributed by atoms with Gasteiger partial charge < -0.3 is 9.84 Å². The summed E-state index contributed by atoms with van der Waals surface area (Å²) in [5.41, 5.74) is 1.80. The summed E-state index contributed by atoms with van der Waals surface area (Å²) in [6, 6.07) is 6.79. The largest absolute Gasteiger partial charge is 0.504 e. The Morgan fingerprint density at radius 2 is 1.88 bits per heavy atom. The van der Waals surface area contributed by atoms with Crippen molar-refractivity contribution in [1.29, 1.82) is 0 Å². The number of rotatable bonds is 7. The number of ether oxygens (including phenoxy) is 1. The van der Waals surface area contributed by atoms with Crippen LogP contribution in [-0.2, 0) is 9.59 Å². The normalized spacial score (nSPS) is 11.2. The number of methoxy groups -OCH3 is 1. The van der Waals surface area contributed by atoms with Crippen molar-refractivity contribution in [2.45, 2.75) is 13.3 Å². The minimum atomic E-state index is -0.290. The molecule has 2 rings (SSSR count). The highest BCUT2D eigenvalue weighted by molar-refractivity contribution is 7.11. The van der Waals surface area contributed by atoms with E-state index >= 15 is 0 Å². The van der Waals surface area contributed by atoms with Gasteiger partial charge >= 0.3 is 0 Å². The topological polar surface area (TPSA) is 63.6 Å². The van der Waals surface area contributed by atoms with E-state index in [0.29, 0.717) is 11.3 Å². The third-order valence-corrected chi connectivity index (χ3v) is 4.21. The van der Waals surface area contributed by atoms with Crippen LogP contribution in [0.25, 0.3) is 12.2 Å². The fourth-order valence-electron chi connectivity index (χ4n) is 2.01. The van der Waals surface area contributed by atoms with Crippen molar-refractivity contribution in [2.75, 3.05) is 7.11 Å². The second-order valence-corrected chi connectivity index (χ2v) is 6.18. The van der Waals surface area contributed by atoms with Crippen molar-refractivity contribution in [2.24, 2.45) is 0 Å².